The van der Waals surface area contributed by atoms with Crippen LogP contribution in [0, 0.1) is 0 Å². The summed E-state index contributed by atoms with van der Waals surface area (Å²) in [5, 5.41) is 10.5. The Bertz CT molecular complexity index is 915. The maximum atomic E-state index is 12.6. The molecule has 0 aliphatic rings. The van der Waals surface area contributed by atoms with Crippen LogP contribution in [0.2, 0.25) is 0 Å². The molecule has 0 aliphatic heterocycles. The lowest BCUT2D eigenvalue weighted by Gasteiger charge is -2.27. The Kier molecular flexibility index (Phi) is 6.82. The molecule has 0 spiro atoms. The Balaban J connectivity index is 2.22. The third kappa shape index (κ3) is 5.88. The highest BCUT2D eigenvalue weighted by Crippen LogP contribution is 2.32. The third-order valence-corrected chi connectivity index (χ3v) is 5.03. The highest BCUT2D eigenvalue weighted by Gasteiger charge is 2.34. The number of amides is 1. The number of sulfonamides is 1. The molecule has 1 amide bonds. The van der Waals surface area contributed by atoms with E-state index >= 15 is 0 Å². The van der Waals surface area contributed by atoms with Crippen molar-refractivity contribution in [2.24, 2.45) is 5.14 Å². The summed E-state index contributed by atoms with van der Waals surface area (Å²) in [6.07, 6.45) is -1.12. The quantitative estimate of drug-likeness (QED) is 0.461. The minimum Gasteiger partial charge on any atom is -0.496 e. The van der Waals surface area contributed by atoms with E-state index in [2.05, 4.69) is 10.6 Å². The number of nitrogens with one attached hydrogen (secondary N) is 2. The number of alkyl halides is 3. The minimum absolute atomic E-state index is 0.0726. The molecule has 7 nitrogen and oxygen atoms in total. The zero-order valence-electron chi connectivity index (χ0n) is 13.9. The largest absolute Gasteiger partial charge is 0.496 e. The summed E-state index contributed by atoms with van der Waals surface area (Å²) in [6.45, 7) is 0. The van der Waals surface area contributed by atoms with Crippen molar-refractivity contribution in [1.82, 2.24) is 5.32 Å². The second kappa shape index (κ2) is 8.53. The summed E-state index contributed by atoms with van der Waals surface area (Å²) < 4.78 is 25.9. The maximum absolute atomic E-state index is 12.6. The molecule has 0 bridgehead atoms. The van der Waals surface area contributed by atoms with E-state index in [-0.39, 0.29) is 10.5 Å². The number of hydrogen-bond donors (Lipinski definition) is 3. The zero-order valence-corrected chi connectivity index (χ0v) is 17.0. The van der Waals surface area contributed by atoms with E-state index in [0.717, 1.165) is 0 Å². The summed E-state index contributed by atoms with van der Waals surface area (Å²) in [6, 6.07) is 12.0. The van der Waals surface area contributed by atoms with Crippen molar-refractivity contribution in [3.05, 3.63) is 54.1 Å². The van der Waals surface area contributed by atoms with Crippen molar-refractivity contribution in [3.63, 3.8) is 0 Å². The average Bonchev–Trinajstić information content (AvgIpc) is 2.60. The van der Waals surface area contributed by atoms with Crippen LogP contribution >= 0.6 is 34.8 Å². The number of hydrogen-bond acceptors (Lipinski definition) is 5. The van der Waals surface area contributed by atoms with Gasteiger partial charge in [0.2, 0.25) is 13.8 Å². The van der Waals surface area contributed by atoms with Crippen LogP contribution in [0.15, 0.2) is 53.4 Å². The predicted molar refractivity (Wildman–Crippen MR) is 106 cm³/mol. The Morgan fingerprint density at radius 1 is 1.11 bits per heavy atom. The van der Waals surface area contributed by atoms with Crippen molar-refractivity contribution in [1.29, 1.82) is 0 Å². The molecule has 146 valence electrons. The summed E-state index contributed by atoms with van der Waals surface area (Å²) in [4.78, 5) is 12.5. The number of halogens is 3. The molecule has 0 saturated heterocycles. The first-order valence-corrected chi connectivity index (χ1v) is 10.1. The summed E-state index contributed by atoms with van der Waals surface area (Å²) >= 11 is 17.9. The van der Waals surface area contributed by atoms with Crippen LogP contribution < -0.4 is 20.5 Å². The number of benzene rings is 2. The van der Waals surface area contributed by atoms with Gasteiger partial charge in [0.25, 0.3) is 5.91 Å². The molecule has 11 heteroatoms. The predicted octanol–water partition coefficient (Wildman–Crippen LogP) is 2.88. The van der Waals surface area contributed by atoms with Crippen molar-refractivity contribution in [2.45, 2.75) is 14.9 Å². The molecule has 2 rings (SSSR count). The highest BCUT2D eigenvalue weighted by atomic mass is 35.6. The van der Waals surface area contributed by atoms with Gasteiger partial charge in [-0.3, -0.25) is 4.79 Å². The Labute approximate surface area is 171 Å². The lowest BCUT2D eigenvalue weighted by atomic mass is 10.2. The molecule has 0 saturated carbocycles. The number of para-hydroxylation sites is 1. The van der Waals surface area contributed by atoms with Crippen molar-refractivity contribution in [3.8, 4) is 5.75 Å². The fourth-order valence-corrected chi connectivity index (χ4v) is 2.99. The van der Waals surface area contributed by atoms with E-state index < -0.39 is 25.9 Å². The third-order valence-electron chi connectivity index (χ3n) is 3.45. The van der Waals surface area contributed by atoms with Gasteiger partial charge in [-0.1, -0.05) is 46.9 Å². The van der Waals surface area contributed by atoms with Gasteiger partial charge < -0.3 is 15.4 Å². The Morgan fingerprint density at radius 2 is 1.70 bits per heavy atom. The maximum Gasteiger partial charge on any atom is 0.256 e. The van der Waals surface area contributed by atoms with Crippen LogP contribution in [0.25, 0.3) is 0 Å². The number of ether oxygens (including phenoxy) is 1. The molecule has 0 heterocycles. The number of primary sulfonamides is 1. The van der Waals surface area contributed by atoms with Crippen LogP contribution in [0.3, 0.4) is 0 Å². The molecular weight excluding hydrogens is 437 g/mol. The van der Waals surface area contributed by atoms with E-state index in [4.69, 9.17) is 44.7 Å². The van der Waals surface area contributed by atoms with Gasteiger partial charge in [0, 0.05) is 5.69 Å². The van der Waals surface area contributed by atoms with E-state index in [1.807, 2.05) is 0 Å². The van der Waals surface area contributed by atoms with Gasteiger partial charge in [0.15, 0.2) is 0 Å². The Hall–Kier alpha value is -1.71. The summed E-state index contributed by atoms with van der Waals surface area (Å²) in [5.74, 6) is -0.173. The fourth-order valence-electron chi connectivity index (χ4n) is 2.15. The van der Waals surface area contributed by atoms with Crippen molar-refractivity contribution < 1.29 is 17.9 Å². The van der Waals surface area contributed by atoms with Gasteiger partial charge in [0.1, 0.15) is 11.9 Å². The van der Waals surface area contributed by atoms with Crippen LogP contribution in [0.4, 0.5) is 5.69 Å². The van der Waals surface area contributed by atoms with E-state index in [0.29, 0.717) is 11.4 Å². The average molecular weight is 453 g/mol. The van der Waals surface area contributed by atoms with Crippen LogP contribution in [-0.2, 0) is 10.0 Å². The van der Waals surface area contributed by atoms with Crippen molar-refractivity contribution >= 4 is 56.4 Å². The normalized spacial score (nSPS) is 12.9. The number of rotatable bonds is 6. The molecule has 0 radical (unpaired) electrons. The number of carbonyl (C=O) groups excluding carboxylic acids is 1. The summed E-state index contributed by atoms with van der Waals surface area (Å²) in [7, 11) is -2.39. The van der Waals surface area contributed by atoms with E-state index in [1.165, 1.54) is 31.4 Å². The van der Waals surface area contributed by atoms with Crippen LogP contribution in [-0.4, -0.2) is 31.4 Å². The van der Waals surface area contributed by atoms with Gasteiger partial charge >= 0.3 is 0 Å². The molecule has 0 aromatic heterocycles. The van der Waals surface area contributed by atoms with Gasteiger partial charge in [-0.15, -0.1) is 0 Å². The van der Waals surface area contributed by atoms with Gasteiger partial charge in [-0.05, 0) is 36.4 Å². The SMILES string of the molecule is COc1ccccc1C(=O)NC(Nc1ccc(S(N)(=O)=O)cc1)C(Cl)(Cl)Cl. The minimum atomic E-state index is -3.83. The molecule has 2 aromatic carbocycles. The zero-order chi connectivity index (χ0) is 20.2. The number of nitrogens with two attached hydrogens (primary N) is 1. The molecule has 1 unspecified atom stereocenters. The molecule has 4 N–H and O–H groups in total. The second-order valence-electron chi connectivity index (χ2n) is 5.36. The second-order valence-corrected chi connectivity index (χ2v) is 9.29. The number of carbonyl (C=O) groups is 1. The summed E-state index contributed by atoms with van der Waals surface area (Å²) in [5.41, 5.74) is 0.657. The molecule has 2 aromatic rings. The van der Waals surface area contributed by atoms with Crippen LogP contribution in [0.1, 0.15) is 10.4 Å². The van der Waals surface area contributed by atoms with Crippen molar-refractivity contribution in [2.75, 3.05) is 12.4 Å². The first-order valence-electron chi connectivity index (χ1n) is 7.42. The fraction of sp³-hybridized carbons (Fsp3) is 0.188. The van der Waals surface area contributed by atoms with Gasteiger partial charge in [-0.2, -0.15) is 0 Å². The smallest absolute Gasteiger partial charge is 0.256 e. The monoisotopic (exact) mass is 451 g/mol. The van der Waals surface area contributed by atoms with E-state index in [1.54, 1.807) is 24.3 Å². The lowest BCUT2D eigenvalue weighted by molar-refractivity contribution is 0.0939. The first kappa shape index (κ1) is 21.6. The van der Waals surface area contributed by atoms with E-state index in [9.17, 15) is 13.2 Å². The van der Waals surface area contributed by atoms with Crippen LogP contribution in [0.5, 0.6) is 5.75 Å². The van der Waals surface area contributed by atoms with Gasteiger partial charge in [-0.25, -0.2) is 13.6 Å². The molecule has 27 heavy (non-hydrogen) atoms. The molecule has 1 atom stereocenters. The topological polar surface area (TPSA) is 111 Å². The molecule has 0 fully saturated rings. The standard InChI is InChI=1S/C16H16Cl3N3O4S/c1-26-13-5-3-2-4-12(13)14(23)22-15(16(17,18)19)21-10-6-8-11(9-7-10)27(20,24)25/h2-9,15,21H,1H3,(H,22,23)(H2,20,24,25). The number of anilines is 1. The first-order chi connectivity index (χ1) is 12.5. The highest BCUT2D eigenvalue weighted by molar-refractivity contribution is 7.89. The number of methoxy groups -OCH3 is 1. The molecule has 0 aliphatic carbocycles. The van der Waals surface area contributed by atoms with Gasteiger partial charge in [0.05, 0.1) is 17.6 Å². The lowest BCUT2D eigenvalue weighted by Crippen LogP contribution is -2.49. The molecular formula is C16H16Cl3N3O4S. The Morgan fingerprint density at radius 3 is 2.22 bits per heavy atom.